The van der Waals surface area contributed by atoms with Crippen LogP contribution in [0.25, 0.3) is 0 Å². The lowest BCUT2D eigenvalue weighted by molar-refractivity contribution is -0.145. The van der Waals surface area contributed by atoms with Gasteiger partial charge in [-0.2, -0.15) is 0 Å². The number of carbonyl (C=O) groups excluding carboxylic acids is 3. The van der Waals surface area contributed by atoms with E-state index in [1.165, 1.54) is 11.8 Å². The van der Waals surface area contributed by atoms with Crippen LogP contribution in [0.3, 0.4) is 0 Å². The highest BCUT2D eigenvalue weighted by molar-refractivity contribution is 8.23. The Hall–Kier alpha value is -2.13. The van der Waals surface area contributed by atoms with Crippen molar-refractivity contribution in [2.24, 2.45) is 0 Å². The van der Waals surface area contributed by atoms with Gasteiger partial charge in [-0.25, -0.2) is 4.79 Å². The van der Waals surface area contributed by atoms with E-state index in [1.54, 1.807) is 6.07 Å². The molecule has 3 amide bonds. The maximum atomic E-state index is 11.9. The highest BCUT2D eigenvalue weighted by atomic mass is 32.2. The van der Waals surface area contributed by atoms with Gasteiger partial charge in [-0.3, -0.25) is 14.9 Å². The predicted octanol–water partition coefficient (Wildman–Crippen LogP) is 2.61. The Balaban J connectivity index is 1.66. The van der Waals surface area contributed by atoms with Crippen molar-refractivity contribution < 1.29 is 19.1 Å². The second-order valence-electron chi connectivity index (χ2n) is 6.23. The fourth-order valence-corrected chi connectivity index (χ4v) is 3.62. The topological polar surface area (TPSA) is 87.7 Å². The number of rotatable bonds is 5. The minimum absolute atomic E-state index is 0.0391. The number of nitrogens with zero attached hydrogens (tertiary/aromatic N) is 1. The van der Waals surface area contributed by atoms with E-state index in [0.29, 0.717) is 10.0 Å². The summed E-state index contributed by atoms with van der Waals surface area (Å²) in [5.74, 6) is -1.21. The molecule has 1 saturated heterocycles. The molecular formula is C18H23N3O4S2. The summed E-state index contributed by atoms with van der Waals surface area (Å²) in [6, 6.07) is 4.86. The summed E-state index contributed by atoms with van der Waals surface area (Å²) in [5, 5.41) is 4.72. The molecular weight excluding hydrogens is 386 g/mol. The number of nitrogens with one attached hydrogen (secondary N) is 2. The molecule has 146 valence electrons. The Kier molecular flexibility index (Phi) is 8.05. The fraction of sp³-hybridized carbons (Fsp3) is 0.444. The van der Waals surface area contributed by atoms with Crippen molar-refractivity contribution in [2.45, 2.75) is 26.7 Å². The van der Waals surface area contributed by atoms with E-state index in [9.17, 15) is 14.4 Å². The van der Waals surface area contributed by atoms with E-state index in [-0.39, 0.29) is 5.75 Å². The van der Waals surface area contributed by atoms with Crippen molar-refractivity contribution >= 4 is 51.9 Å². The zero-order valence-electron chi connectivity index (χ0n) is 15.4. The molecule has 0 atom stereocenters. The monoisotopic (exact) mass is 409 g/mol. The molecule has 0 aliphatic carbocycles. The average molecular weight is 410 g/mol. The summed E-state index contributed by atoms with van der Waals surface area (Å²) in [6.07, 6.45) is 2.21. The summed E-state index contributed by atoms with van der Waals surface area (Å²) in [7, 11) is 0. The van der Waals surface area contributed by atoms with Crippen LogP contribution >= 0.6 is 24.0 Å². The van der Waals surface area contributed by atoms with Gasteiger partial charge in [-0.05, 0) is 38.3 Å². The molecule has 1 aliphatic rings. The second-order valence-corrected chi connectivity index (χ2v) is 7.84. The van der Waals surface area contributed by atoms with Gasteiger partial charge >= 0.3 is 12.0 Å². The van der Waals surface area contributed by atoms with Crippen LogP contribution in [0.4, 0.5) is 10.5 Å². The lowest BCUT2D eigenvalue weighted by atomic mass is 10.1. The normalized spacial score (nSPS) is 13.2. The smallest absolute Gasteiger partial charge is 0.325 e. The zero-order valence-corrected chi connectivity index (χ0v) is 17.0. The third-order valence-corrected chi connectivity index (χ3v) is 5.42. The number of likely N-dealkylation sites (tertiary alicyclic amines) is 1. The summed E-state index contributed by atoms with van der Waals surface area (Å²) in [6.45, 7) is 5.12. The largest absolute Gasteiger partial charge is 0.455 e. The fourth-order valence-electron chi connectivity index (χ4n) is 2.57. The number of urea groups is 1. The number of anilines is 1. The molecule has 0 bridgehead atoms. The van der Waals surface area contributed by atoms with Gasteiger partial charge in [0.05, 0.1) is 5.75 Å². The predicted molar refractivity (Wildman–Crippen MR) is 110 cm³/mol. The first-order valence-corrected chi connectivity index (χ1v) is 10.00. The summed E-state index contributed by atoms with van der Waals surface area (Å²) < 4.78 is 5.55. The van der Waals surface area contributed by atoms with E-state index in [0.717, 1.165) is 37.1 Å². The van der Waals surface area contributed by atoms with E-state index >= 15 is 0 Å². The first-order chi connectivity index (χ1) is 12.8. The van der Waals surface area contributed by atoms with Gasteiger partial charge in [-0.15, -0.1) is 0 Å². The van der Waals surface area contributed by atoms with Crippen molar-refractivity contribution in [1.29, 1.82) is 0 Å². The van der Waals surface area contributed by atoms with Gasteiger partial charge in [0.15, 0.2) is 6.61 Å². The molecule has 0 unspecified atom stereocenters. The molecule has 1 aromatic carbocycles. The molecule has 2 N–H and O–H groups in total. The molecule has 1 aliphatic heterocycles. The van der Waals surface area contributed by atoms with Crippen molar-refractivity contribution in [1.82, 2.24) is 10.2 Å². The van der Waals surface area contributed by atoms with Crippen LogP contribution in [0.5, 0.6) is 0 Å². The number of thioether (sulfide) groups is 1. The molecule has 0 radical (unpaired) electrons. The van der Waals surface area contributed by atoms with Crippen LogP contribution in [0.1, 0.15) is 24.0 Å². The first kappa shape index (κ1) is 21.2. The van der Waals surface area contributed by atoms with E-state index < -0.39 is 24.5 Å². The molecule has 2 rings (SSSR count). The minimum Gasteiger partial charge on any atom is -0.455 e. The van der Waals surface area contributed by atoms with Crippen molar-refractivity contribution in [2.75, 3.05) is 30.8 Å². The maximum Gasteiger partial charge on any atom is 0.325 e. The number of ether oxygens (including phenoxy) is 1. The summed E-state index contributed by atoms with van der Waals surface area (Å²) in [5.41, 5.74) is 2.56. The number of hydrogen-bond donors (Lipinski definition) is 2. The van der Waals surface area contributed by atoms with Crippen LogP contribution in [-0.2, 0) is 14.3 Å². The van der Waals surface area contributed by atoms with Crippen molar-refractivity contribution in [3.8, 4) is 0 Å². The number of esters is 1. The standard InChI is InChI=1S/C18H23N3O4S2/c1-12-5-6-14(13(2)9-12)19-17(24)20-15(22)10-25-16(23)11-27-18(26)21-7-3-4-8-21/h5-6,9H,3-4,7-8,10-11H2,1-2H3,(H2,19,20,22,24). The molecule has 1 aromatic rings. The molecule has 0 spiro atoms. The van der Waals surface area contributed by atoms with E-state index in [2.05, 4.69) is 15.5 Å². The number of amides is 3. The number of hydrogen-bond acceptors (Lipinski definition) is 6. The van der Waals surface area contributed by atoms with Crippen LogP contribution in [0, 0.1) is 13.8 Å². The Morgan fingerprint density at radius 1 is 1.22 bits per heavy atom. The van der Waals surface area contributed by atoms with Gasteiger partial charge in [0.25, 0.3) is 5.91 Å². The van der Waals surface area contributed by atoms with Gasteiger partial charge < -0.3 is 15.0 Å². The average Bonchev–Trinajstić information content (AvgIpc) is 3.15. The molecule has 0 aromatic heterocycles. The first-order valence-electron chi connectivity index (χ1n) is 8.60. The van der Waals surface area contributed by atoms with E-state index in [4.69, 9.17) is 17.0 Å². The van der Waals surface area contributed by atoms with Gasteiger partial charge in [-0.1, -0.05) is 41.7 Å². The number of aryl methyl sites for hydroxylation is 2. The highest BCUT2D eigenvalue weighted by Crippen LogP contribution is 2.17. The van der Waals surface area contributed by atoms with E-state index in [1.807, 2.05) is 26.0 Å². The third-order valence-electron chi connectivity index (χ3n) is 3.93. The number of imide groups is 1. The number of carbonyl (C=O) groups is 3. The molecule has 9 heteroatoms. The van der Waals surface area contributed by atoms with Gasteiger partial charge in [0, 0.05) is 18.8 Å². The van der Waals surface area contributed by atoms with Crippen LogP contribution < -0.4 is 10.6 Å². The maximum absolute atomic E-state index is 11.9. The SMILES string of the molecule is Cc1ccc(NC(=O)NC(=O)COC(=O)CSC(=S)N2CCCC2)c(C)c1. The molecule has 1 fully saturated rings. The molecule has 0 saturated carbocycles. The number of benzene rings is 1. The molecule has 27 heavy (non-hydrogen) atoms. The molecule has 1 heterocycles. The van der Waals surface area contributed by atoms with Crippen LogP contribution in [0.2, 0.25) is 0 Å². The number of thiocarbonyl (C=S) groups is 1. The Morgan fingerprint density at radius 2 is 1.93 bits per heavy atom. The quantitative estimate of drug-likeness (QED) is 0.571. The second kappa shape index (κ2) is 10.3. The summed E-state index contributed by atoms with van der Waals surface area (Å²) >= 11 is 6.48. The van der Waals surface area contributed by atoms with Crippen LogP contribution in [-0.4, -0.2) is 52.6 Å². The Bertz CT molecular complexity index is 733. The Morgan fingerprint density at radius 3 is 2.59 bits per heavy atom. The zero-order chi connectivity index (χ0) is 19.8. The van der Waals surface area contributed by atoms with Gasteiger partial charge in [0.1, 0.15) is 4.32 Å². The lowest BCUT2D eigenvalue weighted by Gasteiger charge is -2.17. The minimum atomic E-state index is -0.697. The Labute approximate surface area is 168 Å². The molecule has 7 nitrogen and oxygen atoms in total. The van der Waals surface area contributed by atoms with Crippen LogP contribution in [0.15, 0.2) is 18.2 Å². The van der Waals surface area contributed by atoms with Gasteiger partial charge in [0.2, 0.25) is 0 Å². The highest BCUT2D eigenvalue weighted by Gasteiger charge is 2.17. The van der Waals surface area contributed by atoms with Crippen molar-refractivity contribution in [3.63, 3.8) is 0 Å². The third kappa shape index (κ3) is 7.18. The lowest BCUT2D eigenvalue weighted by Crippen LogP contribution is -2.37. The van der Waals surface area contributed by atoms with Crippen molar-refractivity contribution in [3.05, 3.63) is 29.3 Å². The summed E-state index contributed by atoms with van der Waals surface area (Å²) in [4.78, 5) is 37.4.